The Kier molecular flexibility index (Phi) is 6.40. The van der Waals surface area contributed by atoms with Crippen molar-refractivity contribution in [2.24, 2.45) is 0 Å². The van der Waals surface area contributed by atoms with E-state index in [-0.39, 0.29) is 12.4 Å². The predicted molar refractivity (Wildman–Crippen MR) is 108 cm³/mol. The third-order valence-electron chi connectivity index (χ3n) is 4.29. The Morgan fingerprint density at radius 2 is 1.92 bits per heavy atom. The van der Waals surface area contributed by atoms with Crippen LogP contribution in [0.1, 0.15) is 18.4 Å². The lowest BCUT2D eigenvalue weighted by Crippen LogP contribution is -2.22. The zero-order valence-corrected chi connectivity index (χ0v) is 15.7. The Morgan fingerprint density at radius 3 is 2.69 bits per heavy atom. The van der Waals surface area contributed by atoms with Crippen LogP contribution in [0.25, 0.3) is 21.2 Å². The predicted octanol–water partition coefficient (Wildman–Crippen LogP) is 4.76. The maximum Gasteiger partial charge on any atom is 0.123 e. The molecule has 26 heavy (non-hydrogen) atoms. The van der Waals surface area contributed by atoms with E-state index >= 15 is 0 Å². The fraction of sp³-hybridized carbons (Fsp3) is 0.273. The first kappa shape index (κ1) is 18.6. The molecule has 2 aromatic carbocycles. The van der Waals surface area contributed by atoms with E-state index < -0.39 is 0 Å². The molecule has 0 aliphatic carbocycles. The van der Waals surface area contributed by atoms with Crippen LogP contribution in [0.5, 0.6) is 0 Å². The van der Waals surface area contributed by atoms with Crippen molar-refractivity contribution < 1.29 is 9.50 Å². The first-order chi connectivity index (χ1) is 12.7. The van der Waals surface area contributed by atoms with Gasteiger partial charge in [0.2, 0.25) is 0 Å². The smallest absolute Gasteiger partial charge is 0.123 e. The third kappa shape index (κ3) is 4.70. The van der Waals surface area contributed by atoms with E-state index in [0.29, 0.717) is 6.54 Å². The zero-order valence-electron chi connectivity index (χ0n) is 14.8. The van der Waals surface area contributed by atoms with E-state index in [9.17, 15) is 4.39 Å². The summed E-state index contributed by atoms with van der Waals surface area (Å²) in [6, 6.07) is 12.9. The molecule has 3 aromatic rings. The molecule has 0 aliphatic heterocycles. The molecule has 0 amide bonds. The summed E-state index contributed by atoms with van der Waals surface area (Å²) in [4.78, 5) is 2.11. The molecule has 0 atom stereocenters. The lowest BCUT2D eigenvalue weighted by atomic mass is 10.0. The summed E-state index contributed by atoms with van der Waals surface area (Å²) in [6.45, 7) is 1.85. The number of halogens is 1. The van der Waals surface area contributed by atoms with E-state index in [4.69, 9.17) is 5.11 Å². The molecule has 0 fully saturated rings. The third-order valence-corrected chi connectivity index (χ3v) is 5.23. The average Bonchev–Trinajstić information content (AvgIpc) is 3.05. The number of likely N-dealkylation sites (N-methyl/N-ethyl adjacent to an activating group) is 1. The second-order valence-corrected chi connectivity index (χ2v) is 7.21. The number of thiophene rings is 1. The summed E-state index contributed by atoms with van der Waals surface area (Å²) in [5.74, 6) is 6.26. The van der Waals surface area contributed by atoms with E-state index in [2.05, 4.69) is 34.3 Å². The molecule has 0 saturated carbocycles. The molecule has 0 aliphatic rings. The van der Waals surface area contributed by atoms with Crippen LogP contribution < -0.4 is 0 Å². The quantitative estimate of drug-likeness (QED) is 0.501. The van der Waals surface area contributed by atoms with Gasteiger partial charge in [0.25, 0.3) is 0 Å². The number of aliphatic hydroxyl groups excluding tert-OH is 1. The first-order valence-corrected chi connectivity index (χ1v) is 9.61. The van der Waals surface area contributed by atoms with E-state index in [1.807, 2.05) is 25.2 Å². The Morgan fingerprint density at radius 1 is 1.12 bits per heavy atom. The highest BCUT2D eigenvalue weighted by Gasteiger charge is 2.07. The van der Waals surface area contributed by atoms with Gasteiger partial charge in [0, 0.05) is 34.2 Å². The first-order valence-electron chi connectivity index (χ1n) is 8.73. The van der Waals surface area contributed by atoms with Crippen molar-refractivity contribution in [3.05, 3.63) is 59.2 Å². The number of benzene rings is 2. The number of nitrogens with zero attached hydrogens (tertiary/aromatic N) is 1. The minimum Gasteiger partial charge on any atom is -0.395 e. The zero-order chi connectivity index (χ0) is 18.4. The number of rotatable bonds is 6. The molecule has 0 unspecified atom stereocenters. The number of unbranched alkanes of at least 4 members (excludes halogenated alkanes) is 1. The standard InChI is InChI=1S/C22H22FNOS/c1-24(13-14-25)12-4-2-3-5-17-6-11-20-21(16-26-22(20)15-17)18-7-9-19(23)10-8-18/h6-11,15-16,25H,2,4,12-14H2,1H3. The Labute approximate surface area is 157 Å². The Balaban J connectivity index is 1.67. The number of aliphatic hydroxyl groups is 1. The lowest BCUT2D eigenvalue weighted by molar-refractivity contribution is 0.221. The molecule has 1 aromatic heterocycles. The summed E-state index contributed by atoms with van der Waals surface area (Å²) < 4.78 is 14.3. The van der Waals surface area contributed by atoms with Gasteiger partial charge in [-0.05, 0) is 55.2 Å². The minimum atomic E-state index is -0.214. The van der Waals surface area contributed by atoms with Gasteiger partial charge in [-0.15, -0.1) is 11.3 Å². The van der Waals surface area contributed by atoms with Crippen molar-refractivity contribution in [3.63, 3.8) is 0 Å². The van der Waals surface area contributed by atoms with Crippen molar-refractivity contribution in [2.75, 3.05) is 26.7 Å². The van der Waals surface area contributed by atoms with Crippen LogP contribution in [0.2, 0.25) is 0 Å². The normalized spacial score (nSPS) is 10.9. The molecule has 1 N–H and O–H groups in total. The lowest BCUT2D eigenvalue weighted by Gasteiger charge is -2.13. The average molecular weight is 367 g/mol. The van der Waals surface area contributed by atoms with Crippen LogP contribution in [0.15, 0.2) is 47.8 Å². The number of fused-ring (bicyclic) bond motifs is 1. The molecule has 4 heteroatoms. The van der Waals surface area contributed by atoms with Crippen LogP contribution in [0.3, 0.4) is 0 Å². The summed E-state index contributed by atoms with van der Waals surface area (Å²) in [5.41, 5.74) is 3.19. The van der Waals surface area contributed by atoms with Gasteiger partial charge >= 0.3 is 0 Å². The van der Waals surface area contributed by atoms with Crippen LogP contribution >= 0.6 is 11.3 Å². The molecule has 1 heterocycles. The minimum absolute atomic E-state index is 0.197. The van der Waals surface area contributed by atoms with Gasteiger partial charge < -0.3 is 10.0 Å². The molecule has 134 valence electrons. The molecule has 0 spiro atoms. The second kappa shape index (κ2) is 8.95. The second-order valence-electron chi connectivity index (χ2n) is 6.30. The van der Waals surface area contributed by atoms with E-state index in [1.54, 1.807) is 11.3 Å². The van der Waals surface area contributed by atoms with Crippen LogP contribution in [-0.2, 0) is 0 Å². The van der Waals surface area contributed by atoms with Crippen molar-refractivity contribution in [1.82, 2.24) is 4.90 Å². The van der Waals surface area contributed by atoms with Crippen molar-refractivity contribution in [2.45, 2.75) is 12.8 Å². The molecule has 0 radical (unpaired) electrons. The number of hydrogen-bond donors (Lipinski definition) is 1. The molecule has 0 saturated heterocycles. The van der Waals surface area contributed by atoms with Gasteiger partial charge in [-0.2, -0.15) is 0 Å². The van der Waals surface area contributed by atoms with Gasteiger partial charge in [-0.1, -0.05) is 30.0 Å². The highest BCUT2D eigenvalue weighted by molar-refractivity contribution is 7.17. The maximum absolute atomic E-state index is 13.1. The van der Waals surface area contributed by atoms with Gasteiger partial charge in [-0.3, -0.25) is 0 Å². The number of hydrogen-bond acceptors (Lipinski definition) is 3. The summed E-state index contributed by atoms with van der Waals surface area (Å²) in [5, 5.41) is 12.2. The molecule has 0 bridgehead atoms. The monoisotopic (exact) mass is 367 g/mol. The fourth-order valence-electron chi connectivity index (χ4n) is 2.84. The topological polar surface area (TPSA) is 23.5 Å². The van der Waals surface area contributed by atoms with Crippen molar-refractivity contribution >= 4 is 21.4 Å². The van der Waals surface area contributed by atoms with Crippen molar-refractivity contribution in [1.29, 1.82) is 0 Å². The summed E-state index contributed by atoms with van der Waals surface area (Å²) in [6.07, 6.45) is 1.85. The summed E-state index contributed by atoms with van der Waals surface area (Å²) >= 11 is 1.69. The Bertz CT molecular complexity index is 921. The molecule has 2 nitrogen and oxygen atoms in total. The van der Waals surface area contributed by atoms with Gasteiger partial charge in [0.1, 0.15) is 5.82 Å². The Hall–Kier alpha value is -2.19. The molecular weight excluding hydrogens is 345 g/mol. The maximum atomic E-state index is 13.1. The van der Waals surface area contributed by atoms with Gasteiger partial charge in [0.15, 0.2) is 0 Å². The van der Waals surface area contributed by atoms with Crippen LogP contribution in [0.4, 0.5) is 4.39 Å². The fourth-order valence-corrected chi connectivity index (χ4v) is 3.85. The van der Waals surface area contributed by atoms with Crippen LogP contribution in [0, 0.1) is 17.7 Å². The van der Waals surface area contributed by atoms with Crippen molar-refractivity contribution in [3.8, 4) is 23.0 Å². The van der Waals surface area contributed by atoms with Gasteiger partial charge in [-0.25, -0.2) is 4.39 Å². The molecular formula is C22H22FNOS. The highest BCUT2D eigenvalue weighted by atomic mass is 32.1. The van der Waals surface area contributed by atoms with E-state index in [1.165, 1.54) is 22.2 Å². The van der Waals surface area contributed by atoms with Crippen LogP contribution in [-0.4, -0.2) is 36.8 Å². The van der Waals surface area contributed by atoms with E-state index in [0.717, 1.165) is 36.1 Å². The SMILES string of the molecule is CN(CCO)CCCC#Cc1ccc2c(-c3ccc(F)cc3)csc2c1. The largest absolute Gasteiger partial charge is 0.395 e. The summed E-state index contributed by atoms with van der Waals surface area (Å²) in [7, 11) is 2.01. The molecule has 3 rings (SSSR count). The van der Waals surface area contributed by atoms with Gasteiger partial charge in [0.05, 0.1) is 6.61 Å². The highest BCUT2D eigenvalue weighted by Crippen LogP contribution is 2.34.